The third-order valence-corrected chi connectivity index (χ3v) is 1.91. The van der Waals surface area contributed by atoms with E-state index in [0.29, 0.717) is 0 Å². The average molecular weight is 119 g/mol. The highest BCUT2D eigenvalue weighted by molar-refractivity contribution is 7.83. The molecule has 0 aliphatic rings. The van der Waals surface area contributed by atoms with Gasteiger partial charge in [-0.2, -0.15) is 5.37 Å². The van der Waals surface area contributed by atoms with Gasteiger partial charge in [0.25, 0.3) is 0 Å². The number of hydrogen-bond acceptors (Lipinski definition) is 2. The molecular formula is C5H11OS-. The Morgan fingerprint density at radius 3 is 2.29 bits per heavy atom. The lowest BCUT2D eigenvalue weighted by Gasteiger charge is -1.92. The Morgan fingerprint density at radius 2 is 2.14 bits per heavy atom. The summed E-state index contributed by atoms with van der Waals surface area (Å²) in [6.45, 7) is 3.91. The minimum Gasteiger partial charge on any atom is -0.461 e. The van der Waals surface area contributed by atoms with E-state index in [1.54, 1.807) is 0 Å². The van der Waals surface area contributed by atoms with Crippen LogP contribution >= 0.6 is 0 Å². The summed E-state index contributed by atoms with van der Waals surface area (Å²) in [5, 5.41) is 1.82. The second-order valence-corrected chi connectivity index (χ2v) is 2.92. The molecule has 0 heterocycles. The standard InChI is InChI=1S/C5H11OS/c1-3-5-7(6)4-2/h5H,3-4H2,1-2H3/q-1. The molecule has 0 aromatic rings. The highest BCUT2D eigenvalue weighted by atomic mass is 32.2. The van der Waals surface area contributed by atoms with Crippen molar-refractivity contribution in [3.63, 3.8) is 0 Å². The predicted octanol–water partition coefficient (Wildman–Crippen LogP) is 1.18. The molecule has 0 aromatic carbocycles. The van der Waals surface area contributed by atoms with E-state index in [1.807, 2.05) is 19.2 Å². The van der Waals surface area contributed by atoms with Crippen molar-refractivity contribution in [1.82, 2.24) is 0 Å². The molecule has 0 unspecified atom stereocenters. The lowest BCUT2D eigenvalue weighted by atomic mass is 10.6. The van der Waals surface area contributed by atoms with Gasteiger partial charge in [-0.15, -0.1) is 5.75 Å². The Kier molecular flexibility index (Phi) is 4.20. The van der Waals surface area contributed by atoms with Crippen LogP contribution in [0.4, 0.5) is 0 Å². The Hall–Kier alpha value is 0.0200. The SMILES string of the molecule is CCC=[S-](=O)CC. The summed E-state index contributed by atoms with van der Waals surface area (Å²) in [6, 6.07) is 0. The maximum Gasteiger partial charge on any atom is -0.0594 e. The molecule has 0 aliphatic carbocycles. The molecule has 0 aromatic heterocycles. The largest absolute Gasteiger partial charge is 0.461 e. The van der Waals surface area contributed by atoms with Crippen molar-refractivity contribution in [3.8, 4) is 0 Å². The first-order valence-corrected chi connectivity index (χ1v) is 3.90. The molecule has 0 atom stereocenters. The van der Waals surface area contributed by atoms with Crippen molar-refractivity contribution < 1.29 is 4.21 Å². The van der Waals surface area contributed by atoms with Gasteiger partial charge in [0.15, 0.2) is 0 Å². The van der Waals surface area contributed by atoms with Crippen LogP contribution in [-0.4, -0.2) is 11.1 Å². The third-order valence-electron chi connectivity index (χ3n) is 0.637. The monoisotopic (exact) mass is 119 g/mol. The van der Waals surface area contributed by atoms with Crippen LogP contribution in [0.25, 0.3) is 0 Å². The molecular weight excluding hydrogens is 108 g/mol. The zero-order valence-corrected chi connectivity index (χ0v) is 5.62. The van der Waals surface area contributed by atoms with Crippen LogP contribution < -0.4 is 0 Å². The van der Waals surface area contributed by atoms with Crippen LogP contribution in [0.2, 0.25) is 0 Å². The van der Waals surface area contributed by atoms with E-state index >= 15 is 0 Å². The molecule has 0 spiro atoms. The molecule has 0 aliphatic heterocycles. The molecule has 2 heteroatoms. The van der Waals surface area contributed by atoms with Gasteiger partial charge in [-0.05, 0) is 0 Å². The first-order valence-electron chi connectivity index (χ1n) is 2.51. The first kappa shape index (κ1) is 7.02. The maximum absolute atomic E-state index is 10.5. The zero-order chi connectivity index (χ0) is 5.70. The number of rotatable bonds is 2. The van der Waals surface area contributed by atoms with Crippen LogP contribution in [0, 0.1) is 0 Å². The van der Waals surface area contributed by atoms with E-state index in [1.165, 1.54) is 0 Å². The van der Waals surface area contributed by atoms with Crippen LogP contribution in [0.3, 0.4) is 0 Å². The molecule has 0 radical (unpaired) electrons. The molecule has 0 saturated carbocycles. The lowest BCUT2D eigenvalue weighted by molar-refractivity contribution is 0.603. The van der Waals surface area contributed by atoms with Crippen molar-refractivity contribution in [2.75, 3.05) is 5.75 Å². The lowest BCUT2D eigenvalue weighted by Crippen LogP contribution is -1.81. The zero-order valence-electron chi connectivity index (χ0n) is 4.81. The van der Waals surface area contributed by atoms with Crippen molar-refractivity contribution in [1.29, 1.82) is 0 Å². The summed E-state index contributed by atoms with van der Waals surface area (Å²) in [5.41, 5.74) is 0. The fraction of sp³-hybridized carbons (Fsp3) is 0.800. The maximum atomic E-state index is 10.5. The van der Waals surface area contributed by atoms with Crippen LogP contribution in [0.1, 0.15) is 20.3 Å². The smallest absolute Gasteiger partial charge is 0.0594 e. The molecule has 0 saturated heterocycles. The molecule has 1 nitrogen and oxygen atoms in total. The molecule has 0 amide bonds. The molecule has 0 bridgehead atoms. The fourth-order valence-corrected chi connectivity index (χ4v) is 0.911. The Balaban J connectivity index is 3.52. The molecule has 0 N–H and O–H groups in total. The van der Waals surface area contributed by atoms with Gasteiger partial charge in [0, 0.05) is 0 Å². The van der Waals surface area contributed by atoms with Crippen molar-refractivity contribution in [2.24, 2.45) is 0 Å². The Bertz CT molecular complexity index is 101. The fourth-order valence-electron chi connectivity index (χ4n) is 0.304. The summed E-state index contributed by atoms with van der Waals surface area (Å²) in [5.74, 6) is 0.758. The van der Waals surface area contributed by atoms with Gasteiger partial charge in [0.2, 0.25) is 0 Å². The average Bonchev–Trinajstić information content (AvgIpc) is 1.68. The van der Waals surface area contributed by atoms with Crippen LogP contribution in [-0.2, 0) is 14.6 Å². The summed E-state index contributed by atoms with van der Waals surface area (Å²) < 4.78 is 10.5. The van der Waals surface area contributed by atoms with E-state index in [-0.39, 0.29) is 0 Å². The van der Waals surface area contributed by atoms with E-state index in [9.17, 15) is 4.21 Å². The van der Waals surface area contributed by atoms with Crippen molar-refractivity contribution in [3.05, 3.63) is 0 Å². The van der Waals surface area contributed by atoms with Gasteiger partial charge < -0.3 is 4.21 Å². The second-order valence-electron chi connectivity index (χ2n) is 1.24. The number of hydrogen-bond donors (Lipinski definition) is 0. The minimum atomic E-state index is -0.652. The normalized spacial score (nSPS) is 14.6. The second kappa shape index (κ2) is 4.19. The van der Waals surface area contributed by atoms with E-state index in [0.717, 1.165) is 12.2 Å². The van der Waals surface area contributed by atoms with Crippen molar-refractivity contribution in [2.45, 2.75) is 20.3 Å². The quantitative estimate of drug-likeness (QED) is 0.394. The van der Waals surface area contributed by atoms with Gasteiger partial charge in [0.05, 0.1) is 0 Å². The summed E-state index contributed by atoms with van der Waals surface area (Å²) in [6.07, 6.45) is 0.917. The first-order chi connectivity index (χ1) is 3.31. The van der Waals surface area contributed by atoms with Gasteiger partial charge >= 0.3 is 0 Å². The van der Waals surface area contributed by atoms with Gasteiger partial charge in [-0.25, -0.2) is 0 Å². The highest BCUT2D eigenvalue weighted by Crippen LogP contribution is 1.69. The minimum absolute atomic E-state index is 0.652. The Morgan fingerprint density at radius 1 is 1.57 bits per heavy atom. The molecule has 44 valence electrons. The third kappa shape index (κ3) is 3.86. The molecule has 7 heavy (non-hydrogen) atoms. The van der Waals surface area contributed by atoms with E-state index in [2.05, 4.69) is 0 Å². The van der Waals surface area contributed by atoms with E-state index in [4.69, 9.17) is 0 Å². The topological polar surface area (TPSA) is 17.1 Å². The molecule has 0 fully saturated rings. The van der Waals surface area contributed by atoms with Crippen molar-refractivity contribution >= 4 is 15.8 Å². The van der Waals surface area contributed by atoms with Gasteiger partial charge in [-0.3, -0.25) is 10.4 Å². The highest BCUT2D eigenvalue weighted by Gasteiger charge is 1.57. The van der Waals surface area contributed by atoms with Gasteiger partial charge in [0.1, 0.15) is 0 Å². The van der Waals surface area contributed by atoms with Crippen LogP contribution in [0.5, 0.6) is 0 Å². The summed E-state index contributed by atoms with van der Waals surface area (Å²) in [7, 11) is -0.652. The Labute approximate surface area is 46.8 Å². The molecule has 0 rings (SSSR count). The summed E-state index contributed by atoms with van der Waals surface area (Å²) >= 11 is 0. The van der Waals surface area contributed by atoms with E-state index < -0.39 is 10.4 Å². The predicted molar refractivity (Wildman–Crippen MR) is 34.9 cm³/mol. The van der Waals surface area contributed by atoms with Gasteiger partial charge in [-0.1, -0.05) is 20.3 Å². The van der Waals surface area contributed by atoms with Crippen LogP contribution in [0.15, 0.2) is 0 Å². The summed E-state index contributed by atoms with van der Waals surface area (Å²) in [4.78, 5) is 0.